The van der Waals surface area contributed by atoms with Crippen molar-refractivity contribution in [3.63, 3.8) is 0 Å². The number of likely N-dealkylation sites (tertiary alicyclic amines) is 1. The first-order chi connectivity index (χ1) is 14.1. The summed E-state index contributed by atoms with van der Waals surface area (Å²) in [5, 5.41) is 0. The lowest BCUT2D eigenvalue weighted by Crippen LogP contribution is -2.53. The molecule has 1 saturated heterocycles. The summed E-state index contributed by atoms with van der Waals surface area (Å²) < 4.78 is 2.17. The summed E-state index contributed by atoms with van der Waals surface area (Å²) in [5.74, 6) is 0.904. The van der Waals surface area contributed by atoms with E-state index in [0.717, 1.165) is 30.0 Å². The number of hydrogen-bond acceptors (Lipinski definition) is 4. The SMILES string of the molecule is C=C(C)CN1c2cccnc2-n2cccc2C12CCN(C(=O)c1ccccn1)C2. The Morgan fingerprint density at radius 2 is 2.00 bits per heavy atom. The standard InChI is InChI=1S/C23H23N5O/c1-17(2)15-28-19-8-5-12-25-21(19)27-13-6-9-20(27)23(28)10-14-26(16-23)22(29)18-7-3-4-11-24-18/h3-9,11-13H,1,10,14-16H2,2H3. The van der Waals surface area contributed by atoms with E-state index in [1.807, 2.05) is 36.2 Å². The zero-order valence-corrected chi connectivity index (χ0v) is 16.5. The fourth-order valence-electron chi connectivity index (χ4n) is 4.65. The van der Waals surface area contributed by atoms with Crippen LogP contribution in [0.4, 0.5) is 5.69 Å². The highest BCUT2D eigenvalue weighted by molar-refractivity contribution is 5.92. The van der Waals surface area contributed by atoms with E-state index >= 15 is 0 Å². The molecular weight excluding hydrogens is 362 g/mol. The van der Waals surface area contributed by atoms with Crippen LogP contribution < -0.4 is 4.90 Å². The van der Waals surface area contributed by atoms with Crippen molar-refractivity contribution < 1.29 is 4.79 Å². The summed E-state index contributed by atoms with van der Waals surface area (Å²) in [6, 6.07) is 13.8. The first-order valence-electron chi connectivity index (χ1n) is 9.86. The third-order valence-electron chi connectivity index (χ3n) is 5.87. The van der Waals surface area contributed by atoms with Crippen LogP contribution in [0.3, 0.4) is 0 Å². The molecule has 6 heteroatoms. The molecule has 1 amide bonds. The minimum atomic E-state index is -0.317. The van der Waals surface area contributed by atoms with Gasteiger partial charge in [-0.1, -0.05) is 18.2 Å². The Bertz CT molecular complexity index is 1090. The molecule has 1 atom stereocenters. The fourth-order valence-corrected chi connectivity index (χ4v) is 4.65. The number of anilines is 1. The first kappa shape index (κ1) is 17.7. The number of aromatic nitrogens is 3. The van der Waals surface area contributed by atoms with Crippen molar-refractivity contribution in [2.24, 2.45) is 0 Å². The summed E-state index contributed by atoms with van der Waals surface area (Å²) in [6.45, 7) is 8.21. The van der Waals surface area contributed by atoms with Gasteiger partial charge in [-0.05, 0) is 49.7 Å². The van der Waals surface area contributed by atoms with Gasteiger partial charge >= 0.3 is 0 Å². The normalized spacial score (nSPS) is 19.9. The molecule has 5 heterocycles. The zero-order valence-electron chi connectivity index (χ0n) is 16.5. The maximum atomic E-state index is 13.1. The number of amides is 1. The molecule has 1 fully saturated rings. The molecule has 0 saturated carbocycles. The molecule has 2 aliphatic rings. The molecule has 1 spiro atoms. The van der Waals surface area contributed by atoms with Gasteiger partial charge in [0.05, 0.1) is 11.4 Å². The molecule has 3 aromatic heterocycles. The van der Waals surface area contributed by atoms with E-state index in [4.69, 9.17) is 0 Å². The minimum Gasteiger partial charge on any atom is -0.351 e. The van der Waals surface area contributed by atoms with Gasteiger partial charge in [0.25, 0.3) is 5.91 Å². The van der Waals surface area contributed by atoms with Crippen LogP contribution >= 0.6 is 0 Å². The van der Waals surface area contributed by atoms with Crippen LogP contribution in [0.15, 0.2) is 73.2 Å². The Morgan fingerprint density at radius 1 is 1.14 bits per heavy atom. The molecule has 29 heavy (non-hydrogen) atoms. The van der Waals surface area contributed by atoms with Crippen LogP contribution in [0.25, 0.3) is 5.82 Å². The molecule has 0 radical (unpaired) electrons. The molecule has 146 valence electrons. The molecule has 3 aromatic rings. The predicted octanol–water partition coefficient (Wildman–Crippen LogP) is 3.40. The smallest absolute Gasteiger partial charge is 0.272 e. The Kier molecular flexibility index (Phi) is 4.01. The summed E-state index contributed by atoms with van der Waals surface area (Å²) in [5.41, 5.74) is 3.49. The number of carbonyl (C=O) groups excluding carboxylic acids is 1. The molecular formula is C23H23N5O. The lowest BCUT2D eigenvalue weighted by atomic mass is 9.88. The molecule has 0 bridgehead atoms. The van der Waals surface area contributed by atoms with Crippen LogP contribution in [-0.4, -0.2) is 45.0 Å². The number of carbonyl (C=O) groups is 1. The van der Waals surface area contributed by atoms with Crippen molar-refractivity contribution in [2.45, 2.75) is 18.9 Å². The Morgan fingerprint density at radius 3 is 2.79 bits per heavy atom. The van der Waals surface area contributed by atoms with Crippen LogP contribution in [0.1, 0.15) is 29.5 Å². The Balaban J connectivity index is 1.60. The molecule has 0 aromatic carbocycles. The zero-order chi connectivity index (χ0) is 20.0. The quantitative estimate of drug-likeness (QED) is 0.649. The predicted molar refractivity (Wildman–Crippen MR) is 112 cm³/mol. The van der Waals surface area contributed by atoms with Gasteiger partial charge in [0, 0.05) is 38.2 Å². The Labute approximate surface area is 170 Å². The highest BCUT2D eigenvalue weighted by atomic mass is 16.2. The fraction of sp³-hybridized carbons (Fsp3) is 0.261. The monoisotopic (exact) mass is 385 g/mol. The maximum absolute atomic E-state index is 13.1. The topological polar surface area (TPSA) is 54.3 Å². The van der Waals surface area contributed by atoms with Crippen LogP contribution in [0, 0.1) is 0 Å². The first-order valence-corrected chi connectivity index (χ1v) is 9.86. The molecule has 5 rings (SSSR count). The number of rotatable bonds is 3. The highest BCUT2D eigenvalue weighted by Crippen LogP contribution is 2.47. The van der Waals surface area contributed by atoms with Crippen molar-refractivity contribution >= 4 is 11.6 Å². The second kappa shape index (κ2) is 6.58. The van der Waals surface area contributed by atoms with Gasteiger partial charge < -0.3 is 14.4 Å². The van der Waals surface area contributed by atoms with Gasteiger partial charge in [0.15, 0.2) is 5.82 Å². The summed E-state index contributed by atoms with van der Waals surface area (Å²) in [7, 11) is 0. The number of pyridine rings is 2. The molecule has 2 aliphatic heterocycles. The van der Waals surface area contributed by atoms with Gasteiger partial charge in [0.2, 0.25) is 0 Å². The summed E-state index contributed by atoms with van der Waals surface area (Å²) >= 11 is 0. The van der Waals surface area contributed by atoms with Crippen LogP contribution in [-0.2, 0) is 5.54 Å². The molecule has 0 aliphatic carbocycles. The number of nitrogens with zero attached hydrogens (tertiary/aromatic N) is 5. The average molecular weight is 385 g/mol. The van der Waals surface area contributed by atoms with Gasteiger partial charge in [-0.3, -0.25) is 9.78 Å². The van der Waals surface area contributed by atoms with E-state index in [-0.39, 0.29) is 11.4 Å². The van der Waals surface area contributed by atoms with Crippen LogP contribution in [0.5, 0.6) is 0 Å². The van der Waals surface area contributed by atoms with E-state index in [0.29, 0.717) is 18.8 Å². The van der Waals surface area contributed by atoms with Gasteiger partial charge in [-0.2, -0.15) is 0 Å². The van der Waals surface area contributed by atoms with Crippen molar-refractivity contribution in [1.29, 1.82) is 0 Å². The molecule has 0 N–H and O–H groups in total. The highest BCUT2D eigenvalue weighted by Gasteiger charge is 2.50. The maximum Gasteiger partial charge on any atom is 0.272 e. The Hall–Kier alpha value is -3.41. The second-order valence-electron chi connectivity index (χ2n) is 7.88. The van der Waals surface area contributed by atoms with Crippen LogP contribution in [0.2, 0.25) is 0 Å². The van der Waals surface area contributed by atoms with Gasteiger partial charge in [-0.25, -0.2) is 4.98 Å². The van der Waals surface area contributed by atoms with E-state index in [2.05, 4.69) is 50.4 Å². The summed E-state index contributed by atoms with van der Waals surface area (Å²) in [6.07, 6.45) is 6.40. The second-order valence-corrected chi connectivity index (χ2v) is 7.88. The lowest BCUT2D eigenvalue weighted by molar-refractivity contribution is 0.0776. The lowest BCUT2D eigenvalue weighted by Gasteiger charge is -2.47. The molecule has 1 unspecified atom stereocenters. The van der Waals surface area contributed by atoms with Crippen molar-refractivity contribution in [1.82, 2.24) is 19.4 Å². The number of hydrogen-bond donors (Lipinski definition) is 0. The van der Waals surface area contributed by atoms with E-state index < -0.39 is 0 Å². The van der Waals surface area contributed by atoms with Gasteiger partial charge in [-0.15, -0.1) is 0 Å². The van der Waals surface area contributed by atoms with E-state index in [9.17, 15) is 4.79 Å². The van der Waals surface area contributed by atoms with Crippen molar-refractivity contribution in [3.05, 3.63) is 84.6 Å². The van der Waals surface area contributed by atoms with Crippen molar-refractivity contribution in [3.8, 4) is 5.82 Å². The van der Waals surface area contributed by atoms with Gasteiger partial charge in [0.1, 0.15) is 11.2 Å². The minimum absolute atomic E-state index is 0.0205. The average Bonchev–Trinajstić information content (AvgIpc) is 3.40. The van der Waals surface area contributed by atoms with Crippen molar-refractivity contribution in [2.75, 3.05) is 24.5 Å². The van der Waals surface area contributed by atoms with E-state index in [1.165, 1.54) is 5.69 Å². The largest absolute Gasteiger partial charge is 0.351 e. The van der Waals surface area contributed by atoms with E-state index in [1.54, 1.807) is 12.3 Å². The summed E-state index contributed by atoms with van der Waals surface area (Å²) in [4.78, 5) is 26.3. The number of fused-ring (bicyclic) bond motifs is 4. The third kappa shape index (κ3) is 2.67. The third-order valence-corrected chi connectivity index (χ3v) is 5.87. The molecule has 6 nitrogen and oxygen atoms in total.